The Morgan fingerprint density at radius 1 is 1.11 bits per heavy atom. The zero-order chi connectivity index (χ0) is 19.5. The number of carbonyl (C=O) groups is 1. The van der Waals surface area contributed by atoms with E-state index in [9.17, 15) is 14.3 Å². The molecule has 8 heteroatoms. The van der Waals surface area contributed by atoms with Crippen LogP contribution in [0.3, 0.4) is 0 Å². The highest BCUT2D eigenvalue weighted by Gasteiger charge is 2.13. The van der Waals surface area contributed by atoms with Crippen LogP contribution in [0.15, 0.2) is 66.0 Å². The van der Waals surface area contributed by atoms with Crippen molar-refractivity contribution in [2.24, 2.45) is 0 Å². The van der Waals surface area contributed by atoms with Crippen LogP contribution in [0.1, 0.15) is 0 Å². The fourth-order valence-corrected chi connectivity index (χ4v) is 4.57. The second-order valence-corrected chi connectivity index (χ2v) is 7.91. The number of benzene rings is 2. The van der Waals surface area contributed by atoms with Gasteiger partial charge in [0.15, 0.2) is 0 Å². The number of phenols is 1. The normalized spacial score (nSPS) is 10.9. The van der Waals surface area contributed by atoms with E-state index in [0.29, 0.717) is 5.69 Å². The predicted octanol–water partition coefficient (Wildman–Crippen LogP) is 4.93. The van der Waals surface area contributed by atoms with Crippen molar-refractivity contribution in [3.8, 4) is 16.2 Å². The molecule has 0 spiro atoms. The van der Waals surface area contributed by atoms with Gasteiger partial charge in [0.25, 0.3) is 0 Å². The van der Waals surface area contributed by atoms with Gasteiger partial charge in [-0.05, 0) is 48.0 Å². The van der Waals surface area contributed by atoms with Crippen molar-refractivity contribution in [2.75, 3.05) is 11.1 Å². The van der Waals surface area contributed by atoms with Crippen molar-refractivity contribution in [3.63, 3.8) is 0 Å². The highest BCUT2D eigenvalue weighted by atomic mass is 32.2. The summed E-state index contributed by atoms with van der Waals surface area (Å²) in [6.07, 6.45) is 1.48. The van der Waals surface area contributed by atoms with Gasteiger partial charge >= 0.3 is 0 Å². The van der Waals surface area contributed by atoms with E-state index in [1.165, 1.54) is 53.7 Å². The number of hydrogen-bond acceptors (Lipinski definition) is 6. The lowest BCUT2D eigenvalue weighted by atomic mass is 10.2. The lowest BCUT2D eigenvalue weighted by Crippen LogP contribution is -2.13. The van der Waals surface area contributed by atoms with Gasteiger partial charge in [0.05, 0.1) is 16.0 Å². The van der Waals surface area contributed by atoms with Crippen molar-refractivity contribution in [1.29, 1.82) is 0 Å². The number of carbonyl (C=O) groups excluding carboxylic acids is 1. The van der Waals surface area contributed by atoms with E-state index in [2.05, 4.69) is 15.3 Å². The van der Waals surface area contributed by atoms with Gasteiger partial charge in [-0.2, -0.15) is 0 Å². The quantitative estimate of drug-likeness (QED) is 0.277. The zero-order valence-electron chi connectivity index (χ0n) is 14.4. The Bertz CT molecular complexity index is 1130. The van der Waals surface area contributed by atoms with E-state index >= 15 is 0 Å². The van der Waals surface area contributed by atoms with Crippen LogP contribution in [0.2, 0.25) is 0 Å². The number of hydrogen-bond donors (Lipinski definition) is 2. The molecule has 0 fully saturated rings. The average Bonchev–Trinajstić information content (AvgIpc) is 3.13. The fraction of sp³-hybridized carbons (Fsp3) is 0.0500. The number of thiophene rings is 1. The Labute approximate surface area is 168 Å². The summed E-state index contributed by atoms with van der Waals surface area (Å²) in [4.78, 5) is 21.8. The molecule has 0 bridgehead atoms. The third kappa shape index (κ3) is 4.13. The van der Waals surface area contributed by atoms with E-state index in [4.69, 9.17) is 0 Å². The maximum Gasteiger partial charge on any atom is 0.234 e. The average molecular weight is 411 g/mol. The number of amides is 1. The SMILES string of the molecule is O=C(CSc1ncnc2cc(-c3ccc(F)cc3)sc12)Nc1ccc(O)cc1. The minimum absolute atomic E-state index is 0.144. The number of halogens is 1. The summed E-state index contributed by atoms with van der Waals surface area (Å²) in [5.41, 5.74) is 2.32. The topological polar surface area (TPSA) is 75.1 Å². The van der Waals surface area contributed by atoms with Gasteiger partial charge in [-0.3, -0.25) is 4.79 Å². The molecule has 0 saturated heterocycles. The van der Waals surface area contributed by atoms with E-state index in [0.717, 1.165) is 25.7 Å². The summed E-state index contributed by atoms with van der Waals surface area (Å²) in [5, 5.41) is 12.8. The number of aromatic nitrogens is 2. The van der Waals surface area contributed by atoms with Gasteiger partial charge in [0.2, 0.25) is 5.91 Å². The highest BCUT2D eigenvalue weighted by Crippen LogP contribution is 2.36. The van der Waals surface area contributed by atoms with Crippen molar-refractivity contribution in [3.05, 3.63) is 66.7 Å². The molecule has 4 aromatic rings. The second-order valence-electron chi connectivity index (χ2n) is 5.89. The number of phenolic OH excluding ortho intramolecular Hbond substituents is 1. The van der Waals surface area contributed by atoms with Crippen LogP contribution < -0.4 is 5.32 Å². The van der Waals surface area contributed by atoms with E-state index in [1.807, 2.05) is 6.07 Å². The van der Waals surface area contributed by atoms with Gasteiger partial charge < -0.3 is 10.4 Å². The maximum atomic E-state index is 13.2. The number of rotatable bonds is 5. The Morgan fingerprint density at radius 2 is 1.86 bits per heavy atom. The van der Waals surface area contributed by atoms with Gasteiger partial charge in [-0.15, -0.1) is 11.3 Å². The smallest absolute Gasteiger partial charge is 0.234 e. The molecule has 5 nitrogen and oxygen atoms in total. The van der Waals surface area contributed by atoms with Gasteiger partial charge in [-0.1, -0.05) is 23.9 Å². The third-order valence-electron chi connectivity index (χ3n) is 3.90. The lowest BCUT2D eigenvalue weighted by Gasteiger charge is -2.05. The van der Waals surface area contributed by atoms with Crippen molar-refractivity contribution in [1.82, 2.24) is 9.97 Å². The highest BCUT2D eigenvalue weighted by molar-refractivity contribution is 8.00. The minimum atomic E-state index is -0.277. The summed E-state index contributed by atoms with van der Waals surface area (Å²) in [7, 11) is 0. The van der Waals surface area contributed by atoms with Crippen LogP contribution in [0, 0.1) is 5.82 Å². The molecule has 2 N–H and O–H groups in total. The van der Waals surface area contributed by atoms with E-state index in [1.54, 1.807) is 24.3 Å². The molecule has 0 radical (unpaired) electrons. The number of nitrogens with zero attached hydrogens (tertiary/aromatic N) is 2. The molecule has 0 aliphatic carbocycles. The maximum absolute atomic E-state index is 13.2. The molecule has 2 aromatic heterocycles. The molecule has 140 valence electrons. The van der Waals surface area contributed by atoms with Gasteiger partial charge in [-0.25, -0.2) is 14.4 Å². The number of anilines is 1. The summed E-state index contributed by atoms with van der Waals surface area (Å²) >= 11 is 2.84. The molecule has 0 aliphatic heterocycles. The molecule has 0 unspecified atom stereocenters. The Balaban J connectivity index is 1.50. The number of aromatic hydroxyl groups is 1. The molecular formula is C20H14FN3O2S2. The molecule has 0 aliphatic rings. The molecule has 28 heavy (non-hydrogen) atoms. The van der Waals surface area contributed by atoms with E-state index in [-0.39, 0.29) is 23.2 Å². The molecule has 2 heterocycles. The minimum Gasteiger partial charge on any atom is -0.508 e. The van der Waals surface area contributed by atoms with E-state index < -0.39 is 0 Å². The lowest BCUT2D eigenvalue weighted by molar-refractivity contribution is -0.113. The van der Waals surface area contributed by atoms with Crippen molar-refractivity contribution in [2.45, 2.75) is 5.03 Å². The van der Waals surface area contributed by atoms with Crippen LogP contribution in [-0.2, 0) is 4.79 Å². The largest absolute Gasteiger partial charge is 0.508 e. The Morgan fingerprint density at radius 3 is 2.61 bits per heavy atom. The Kier molecular flexibility index (Phi) is 5.23. The number of fused-ring (bicyclic) bond motifs is 1. The first-order valence-corrected chi connectivity index (χ1v) is 10.1. The molecule has 0 saturated carbocycles. The molecule has 1 amide bonds. The molecular weight excluding hydrogens is 397 g/mol. The number of nitrogens with one attached hydrogen (secondary N) is 1. The van der Waals surface area contributed by atoms with Crippen molar-refractivity contribution >= 4 is 44.9 Å². The predicted molar refractivity (Wildman–Crippen MR) is 110 cm³/mol. The fourth-order valence-electron chi connectivity index (χ4n) is 2.57. The molecule has 0 atom stereocenters. The summed E-state index contributed by atoms with van der Waals surface area (Å²) in [6, 6.07) is 14.5. The molecule has 4 rings (SSSR count). The summed E-state index contributed by atoms with van der Waals surface area (Å²) < 4.78 is 14.0. The first-order chi connectivity index (χ1) is 13.6. The summed E-state index contributed by atoms with van der Waals surface area (Å²) in [5.74, 6) is -0.111. The second kappa shape index (κ2) is 7.95. The standard InChI is InChI=1S/C20H14FN3O2S2/c21-13-3-1-12(2-4-13)17-9-16-19(28-17)20(23-11-22-16)27-10-18(26)24-14-5-7-15(25)8-6-14/h1-9,11,25H,10H2,(H,24,26). The van der Waals surface area contributed by atoms with Gasteiger partial charge in [0.1, 0.15) is 22.9 Å². The van der Waals surface area contributed by atoms with Crippen LogP contribution >= 0.6 is 23.1 Å². The zero-order valence-corrected chi connectivity index (χ0v) is 16.1. The van der Waals surface area contributed by atoms with Crippen LogP contribution in [0.25, 0.3) is 20.7 Å². The first kappa shape index (κ1) is 18.4. The van der Waals surface area contributed by atoms with Crippen molar-refractivity contribution < 1.29 is 14.3 Å². The molecule has 2 aromatic carbocycles. The van der Waals surface area contributed by atoms with Gasteiger partial charge in [0, 0.05) is 10.6 Å². The van der Waals surface area contributed by atoms with Crippen LogP contribution in [-0.4, -0.2) is 26.7 Å². The first-order valence-electron chi connectivity index (χ1n) is 8.31. The van der Waals surface area contributed by atoms with Crippen LogP contribution in [0.4, 0.5) is 10.1 Å². The summed E-state index contributed by atoms with van der Waals surface area (Å²) in [6.45, 7) is 0. The monoisotopic (exact) mass is 411 g/mol. The third-order valence-corrected chi connectivity index (χ3v) is 6.20. The Hall–Kier alpha value is -2.97. The van der Waals surface area contributed by atoms with Crippen LogP contribution in [0.5, 0.6) is 5.75 Å². The number of thioether (sulfide) groups is 1.